The van der Waals surface area contributed by atoms with Crippen molar-refractivity contribution in [3.8, 4) is 0 Å². The van der Waals surface area contributed by atoms with Crippen LogP contribution in [0.3, 0.4) is 0 Å². The van der Waals surface area contributed by atoms with Gasteiger partial charge in [0, 0.05) is 31.2 Å². The van der Waals surface area contributed by atoms with Crippen LogP contribution >= 0.6 is 0 Å². The van der Waals surface area contributed by atoms with Gasteiger partial charge in [-0.15, -0.1) is 0 Å². The highest BCUT2D eigenvalue weighted by atomic mass is 19.4. The number of hydrogen-bond acceptors (Lipinski definition) is 4. The summed E-state index contributed by atoms with van der Waals surface area (Å²) in [5.74, 6) is -1.37. The summed E-state index contributed by atoms with van der Waals surface area (Å²) < 4.78 is 42.8. The highest BCUT2D eigenvalue weighted by Crippen LogP contribution is 2.41. The van der Waals surface area contributed by atoms with Crippen molar-refractivity contribution in [2.75, 3.05) is 6.54 Å². The number of piperidine rings is 1. The Bertz CT molecular complexity index is 1350. The number of aromatic carboxylic acids is 1. The van der Waals surface area contributed by atoms with Crippen LogP contribution in [-0.2, 0) is 17.4 Å². The number of alkyl halides is 3. The molecule has 1 atom stereocenters. The fourth-order valence-electron chi connectivity index (χ4n) is 6.30. The van der Waals surface area contributed by atoms with Gasteiger partial charge in [0.25, 0.3) is 5.56 Å². The molecule has 11 heteroatoms. The van der Waals surface area contributed by atoms with Crippen LogP contribution < -0.4 is 11.2 Å². The zero-order valence-corrected chi connectivity index (χ0v) is 20.2. The summed E-state index contributed by atoms with van der Waals surface area (Å²) in [4.78, 5) is 52.9. The van der Waals surface area contributed by atoms with Crippen molar-refractivity contribution < 1.29 is 27.9 Å². The van der Waals surface area contributed by atoms with E-state index in [4.69, 9.17) is 0 Å². The monoisotopic (exact) mass is 519 g/mol. The second kappa shape index (κ2) is 9.50. The third kappa shape index (κ3) is 4.48. The maximum absolute atomic E-state index is 13.6. The number of likely N-dealkylation sites (tertiary alicyclic amines) is 1. The Morgan fingerprint density at radius 1 is 0.946 bits per heavy atom. The minimum Gasteiger partial charge on any atom is -0.477 e. The van der Waals surface area contributed by atoms with Crippen molar-refractivity contribution in [1.82, 2.24) is 14.0 Å². The Hall–Kier alpha value is -3.37. The Balaban J connectivity index is 1.51. The standard InChI is InChI=1S/C26H28F3N3O5/c27-26(28,29)20-5-3-4-18-17(20)11-12-21(18)32-23(34)19(24(35)36)14-31(25(32)37)16-9-7-15(8-10-16)30-13-2-1-6-22(30)33/h3-5,14-16,21H,1-2,6-13H2,(H,35,36). The van der Waals surface area contributed by atoms with E-state index >= 15 is 0 Å². The van der Waals surface area contributed by atoms with Gasteiger partial charge in [0.05, 0.1) is 11.6 Å². The van der Waals surface area contributed by atoms with Gasteiger partial charge in [-0.1, -0.05) is 12.1 Å². The number of carbonyl (C=O) groups excluding carboxylic acids is 1. The smallest absolute Gasteiger partial charge is 0.416 e. The van der Waals surface area contributed by atoms with Gasteiger partial charge in [-0.2, -0.15) is 13.2 Å². The number of benzene rings is 1. The van der Waals surface area contributed by atoms with Gasteiger partial charge >= 0.3 is 17.8 Å². The number of halogens is 3. The molecule has 2 aliphatic carbocycles. The molecular formula is C26H28F3N3O5. The number of rotatable bonds is 4. The lowest BCUT2D eigenvalue weighted by Crippen LogP contribution is -2.48. The van der Waals surface area contributed by atoms with E-state index in [1.54, 1.807) is 0 Å². The van der Waals surface area contributed by atoms with E-state index in [0.717, 1.165) is 29.7 Å². The fraction of sp³-hybridized carbons (Fsp3) is 0.538. The molecule has 1 unspecified atom stereocenters. The molecule has 1 aromatic carbocycles. The SMILES string of the molecule is O=C(O)c1cn(C2CCC(N3CCCCC3=O)CC2)c(=O)n(C2CCc3c2cccc3C(F)(F)F)c1=O. The summed E-state index contributed by atoms with van der Waals surface area (Å²) in [6, 6.07) is 2.38. The second-order valence-corrected chi connectivity index (χ2v) is 10.1. The van der Waals surface area contributed by atoms with Crippen LogP contribution in [0.25, 0.3) is 0 Å². The van der Waals surface area contributed by atoms with Crippen LogP contribution in [0.15, 0.2) is 34.0 Å². The number of fused-ring (bicyclic) bond motifs is 1. The van der Waals surface area contributed by atoms with Crippen molar-refractivity contribution in [3.63, 3.8) is 0 Å². The molecule has 1 saturated heterocycles. The maximum Gasteiger partial charge on any atom is 0.416 e. The predicted octanol–water partition coefficient (Wildman–Crippen LogP) is 3.76. The maximum atomic E-state index is 13.6. The van der Waals surface area contributed by atoms with E-state index in [0.29, 0.717) is 38.6 Å². The average Bonchev–Trinajstić information content (AvgIpc) is 3.28. The van der Waals surface area contributed by atoms with E-state index in [1.807, 2.05) is 4.90 Å². The number of carboxylic acid groups (broad SMARTS) is 1. The summed E-state index contributed by atoms with van der Waals surface area (Å²) in [6.45, 7) is 0.711. The second-order valence-electron chi connectivity index (χ2n) is 10.1. The Labute approximate surface area is 210 Å². The third-order valence-electron chi connectivity index (χ3n) is 8.09. The molecule has 1 amide bonds. The molecule has 0 spiro atoms. The molecule has 2 aromatic rings. The topological polar surface area (TPSA) is 102 Å². The number of carbonyl (C=O) groups is 2. The molecule has 1 saturated carbocycles. The summed E-state index contributed by atoms with van der Waals surface area (Å²) >= 11 is 0. The van der Waals surface area contributed by atoms with Gasteiger partial charge < -0.3 is 10.0 Å². The van der Waals surface area contributed by atoms with Gasteiger partial charge in [0.15, 0.2) is 0 Å². The number of carboxylic acids is 1. The summed E-state index contributed by atoms with van der Waals surface area (Å²) in [6.07, 6.45) is 1.30. The minimum absolute atomic E-state index is 0.0217. The zero-order chi connectivity index (χ0) is 26.5. The summed E-state index contributed by atoms with van der Waals surface area (Å²) in [5.41, 5.74) is -2.88. The Morgan fingerprint density at radius 3 is 2.30 bits per heavy atom. The van der Waals surface area contributed by atoms with Crippen molar-refractivity contribution in [2.45, 2.75) is 82.1 Å². The van der Waals surface area contributed by atoms with Gasteiger partial charge in [0.2, 0.25) is 5.91 Å². The van der Waals surface area contributed by atoms with Crippen molar-refractivity contribution >= 4 is 11.9 Å². The van der Waals surface area contributed by atoms with Crippen LogP contribution in [0.2, 0.25) is 0 Å². The van der Waals surface area contributed by atoms with E-state index < -0.39 is 40.6 Å². The van der Waals surface area contributed by atoms with E-state index in [1.165, 1.54) is 16.7 Å². The lowest BCUT2D eigenvalue weighted by Gasteiger charge is -2.39. The molecular weight excluding hydrogens is 491 g/mol. The largest absolute Gasteiger partial charge is 0.477 e. The molecule has 5 rings (SSSR count). The molecule has 1 aromatic heterocycles. The first-order valence-electron chi connectivity index (χ1n) is 12.7. The molecule has 0 bridgehead atoms. The molecule has 1 aliphatic heterocycles. The van der Waals surface area contributed by atoms with E-state index in [-0.39, 0.29) is 42.0 Å². The van der Waals surface area contributed by atoms with E-state index in [9.17, 15) is 37.5 Å². The lowest BCUT2D eigenvalue weighted by molar-refractivity contribution is -0.138. The van der Waals surface area contributed by atoms with Crippen molar-refractivity contribution in [1.29, 1.82) is 0 Å². The molecule has 1 N–H and O–H groups in total. The quantitative estimate of drug-likeness (QED) is 0.663. The van der Waals surface area contributed by atoms with Crippen LogP contribution in [-0.4, -0.2) is 43.6 Å². The average molecular weight is 520 g/mol. The molecule has 3 aliphatic rings. The summed E-state index contributed by atoms with van der Waals surface area (Å²) in [5, 5.41) is 9.71. The van der Waals surface area contributed by atoms with Crippen molar-refractivity contribution in [2.24, 2.45) is 0 Å². The molecule has 37 heavy (non-hydrogen) atoms. The highest BCUT2D eigenvalue weighted by Gasteiger charge is 2.39. The zero-order valence-electron chi connectivity index (χ0n) is 20.2. The molecule has 2 fully saturated rings. The number of nitrogens with zero attached hydrogens (tertiary/aromatic N) is 3. The minimum atomic E-state index is -4.58. The summed E-state index contributed by atoms with van der Waals surface area (Å²) in [7, 11) is 0. The molecule has 198 valence electrons. The first kappa shape index (κ1) is 25.3. The predicted molar refractivity (Wildman–Crippen MR) is 127 cm³/mol. The van der Waals surface area contributed by atoms with Crippen LogP contribution in [0.1, 0.15) is 90.5 Å². The van der Waals surface area contributed by atoms with Gasteiger partial charge in [0.1, 0.15) is 5.56 Å². The number of hydrogen-bond donors (Lipinski definition) is 1. The molecule has 8 nitrogen and oxygen atoms in total. The molecule has 0 radical (unpaired) electrons. The first-order chi connectivity index (χ1) is 17.6. The first-order valence-corrected chi connectivity index (χ1v) is 12.7. The molecule has 2 heterocycles. The Kier molecular flexibility index (Phi) is 6.49. The van der Waals surface area contributed by atoms with Gasteiger partial charge in [-0.3, -0.25) is 18.7 Å². The van der Waals surface area contributed by atoms with Crippen molar-refractivity contribution in [3.05, 3.63) is 67.5 Å². The van der Waals surface area contributed by atoms with E-state index in [2.05, 4.69) is 0 Å². The van der Waals surface area contributed by atoms with Crippen LogP contribution in [0, 0.1) is 0 Å². The van der Waals surface area contributed by atoms with Crippen LogP contribution in [0.5, 0.6) is 0 Å². The lowest BCUT2D eigenvalue weighted by atomic mass is 9.89. The fourth-order valence-corrected chi connectivity index (χ4v) is 6.30. The third-order valence-corrected chi connectivity index (χ3v) is 8.09. The van der Waals surface area contributed by atoms with Crippen LogP contribution in [0.4, 0.5) is 13.2 Å². The number of aromatic nitrogens is 2. The number of amides is 1. The normalized spacial score (nSPS) is 24.2. The Morgan fingerprint density at radius 2 is 1.65 bits per heavy atom. The van der Waals surface area contributed by atoms with Gasteiger partial charge in [-0.25, -0.2) is 9.59 Å². The highest BCUT2D eigenvalue weighted by molar-refractivity contribution is 5.86. The van der Waals surface area contributed by atoms with Gasteiger partial charge in [-0.05, 0) is 68.6 Å².